The van der Waals surface area contributed by atoms with Crippen molar-refractivity contribution in [2.24, 2.45) is 5.92 Å². The smallest absolute Gasteiger partial charge is 0.306 e. The quantitative estimate of drug-likeness (QED) is 0.332. The van der Waals surface area contributed by atoms with E-state index in [4.69, 9.17) is 4.42 Å². The molecule has 0 saturated heterocycles. The average Bonchev–Trinajstić information content (AvgIpc) is 3.34. The predicted molar refractivity (Wildman–Crippen MR) is 117 cm³/mol. The van der Waals surface area contributed by atoms with Gasteiger partial charge in [0.2, 0.25) is 0 Å². The van der Waals surface area contributed by atoms with Gasteiger partial charge in [-0.3, -0.25) is 9.59 Å². The molecule has 1 aliphatic rings. The molecule has 1 aliphatic carbocycles. The molecule has 4 rings (SSSR count). The zero-order valence-electron chi connectivity index (χ0n) is 17.2. The van der Waals surface area contributed by atoms with Crippen LogP contribution >= 0.6 is 0 Å². The number of aryl methyl sites for hydroxylation is 3. The molecule has 0 amide bonds. The largest absolute Gasteiger partial charge is 0.481 e. The lowest BCUT2D eigenvalue weighted by Crippen LogP contribution is -2.18. The molecule has 2 aromatic carbocycles. The van der Waals surface area contributed by atoms with Crippen LogP contribution in [0, 0.1) is 5.92 Å². The van der Waals surface area contributed by atoms with Gasteiger partial charge >= 0.3 is 5.97 Å². The maximum atomic E-state index is 12.7. The number of hydrogen-bond acceptors (Lipinski definition) is 3. The molecule has 1 heterocycles. The number of carbonyl (C=O) groups is 2. The monoisotopic (exact) mass is 404 g/mol. The van der Waals surface area contributed by atoms with Crippen molar-refractivity contribution >= 4 is 22.7 Å². The molecule has 0 unspecified atom stereocenters. The Bertz CT molecular complexity index is 1030. The Labute approximate surface area is 176 Å². The van der Waals surface area contributed by atoms with E-state index in [0.29, 0.717) is 12.0 Å². The Kier molecular flexibility index (Phi) is 6.32. The third-order valence-corrected chi connectivity index (χ3v) is 6.17. The lowest BCUT2D eigenvalue weighted by molar-refractivity contribution is -0.141. The van der Waals surface area contributed by atoms with Crippen LogP contribution in [0.15, 0.2) is 52.9 Å². The highest BCUT2D eigenvalue weighted by molar-refractivity contribution is 6.01. The van der Waals surface area contributed by atoms with Crippen molar-refractivity contribution in [3.05, 3.63) is 71.0 Å². The number of benzene rings is 2. The summed E-state index contributed by atoms with van der Waals surface area (Å²) < 4.78 is 5.91. The van der Waals surface area contributed by atoms with Crippen LogP contribution in [0.25, 0.3) is 11.0 Å². The van der Waals surface area contributed by atoms with Crippen LogP contribution in [-0.2, 0) is 24.1 Å². The fraction of sp³-hybridized carbons (Fsp3) is 0.385. The van der Waals surface area contributed by atoms with E-state index >= 15 is 0 Å². The van der Waals surface area contributed by atoms with Crippen molar-refractivity contribution in [1.82, 2.24) is 0 Å². The summed E-state index contributed by atoms with van der Waals surface area (Å²) in [5.41, 5.74) is 3.87. The Hall–Kier alpha value is -2.88. The number of fused-ring (bicyclic) bond motifs is 3. The molecule has 30 heavy (non-hydrogen) atoms. The van der Waals surface area contributed by atoms with E-state index < -0.39 is 11.9 Å². The number of carboxylic acids is 1. The van der Waals surface area contributed by atoms with Crippen LogP contribution in [0.4, 0.5) is 0 Å². The summed E-state index contributed by atoms with van der Waals surface area (Å²) >= 11 is 0. The number of hydrogen-bond donors (Lipinski definition) is 1. The molecular weight excluding hydrogens is 376 g/mol. The minimum absolute atomic E-state index is 0.0416. The van der Waals surface area contributed by atoms with Crippen LogP contribution in [-0.4, -0.2) is 16.9 Å². The molecule has 0 spiro atoms. The molecule has 156 valence electrons. The minimum Gasteiger partial charge on any atom is -0.481 e. The fourth-order valence-corrected chi connectivity index (χ4v) is 4.47. The number of ketones is 1. The van der Waals surface area contributed by atoms with Crippen LogP contribution in [0.3, 0.4) is 0 Å². The number of carbonyl (C=O) groups excluding carboxylic acids is 1. The highest BCUT2D eigenvalue weighted by Crippen LogP contribution is 2.33. The molecule has 0 fully saturated rings. The van der Waals surface area contributed by atoms with Crippen LogP contribution < -0.4 is 0 Å². The van der Waals surface area contributed by atoms with Crippen LogP contribution in [0.1, 0.15) is 65.8 Å². The van der Waals surface area contributed by atoms with E-state index in [1.54, 1.807) is 6.07 Å². The molecule has 1 aromatic heterocycles. The van der Waals surface area contributed by atoms with E-state index in [1.165, 1.54) is 11.1 Å². The van der Waals surface area contributed by atoms with Crippen molar-refractivity contribution in [2.75, 3.05) is 0 Å². The Morgan fingerprint density at radius 1 is 1.00 bits per heavy atom. The Morgan fingerprint density at radius 2 is 1.83 bits per heavy atom. The normalized spacial score (nSPS) is 14.0. The number of Topliss-reactive ketones (excluding diaryl/α,β-unsaturated/α-hetero) is 1. The van der Waals surface area contributed by atoms with E-state index in [-0.39, 0.29) is 12.2 Å². The van der Waals surface area contributed by atoms with Gasteiger partial charge in [0.1, 0.15) is 11.3 Å². The molecule has 0 saturated carbocycles. The third-order valence-electron chi connectivity index (χ3n) is 6.17. The second kappa shape index (κ2) is 9.29. The van der Waals surface area contributed by atoms with Gasteiger partial charge in [0, 0.05) is 29.4 Å². The SMILES string of the molecule is O=C(C[C@H](CCCCCc1ccccc1)C(=O)O)c1ccc2c3c(oc2c1)CCC3. The molecule has 1 N–H and O–H groups in total. The molecule has 1 atom stereocenters. The van der Waals surface area contributed by atoms with Crippen molar-refractivity contribution in [1.29, 1.82) is 0 Å². The molecule has 4 nitrogen and oxygen atoms in total. The summed E-state index contributed by atoms with van der Waals surface area (Å²) in [5, 5.41) is 10.7. The molecular formula is C26H28O4. The predicted octanol–water partition coefficient (Wildman–Crippen LogP) is 6.00. The molecule has 3 aromatic rings. The number of unbranched alkanes of at least 4 members (excludes halogenated alkanes) is 2. The van der Waals surface area contributed by atoms with Gasteiger partial charge in [-0.1, -0.05) is 55.3 Å². The number of rotatable bonds is 10. The fourth-order valence-electron chi connectivity index (χ4n) is 4.47. The first-order valence-electron chi connectivity index (χ1n) is 11.0. The van der Waals surface area contributed by atoms with Gasteiger partial charge in [-0.2, -0.15) is 0 Å². The summed E-state index contributed by atoms with van der Waals surface area (Å²) in [5.74, 6) is -0.602. The molecule has 4 heteroatoms. The lowest BCUT2D eigenvalue weighted by atomic mass is 9.92. The summed E-state index contributed by atoms with van der Waals surface area (Å²) in [6, 6.07) is 15.9. The van der Waals surface area contributed by atoms with Crippen molar-refractivity contribution < 1.29 is 19.1 Å². The van der Waals surface area contributed by atoms with Crippen LogP contribution in [0.2, 0.25) is 0 Å². The highest BCUT2D eigenvalue weighted by atomic mass is 16.4. The zero-order chi connectivity index (χ0) is 20.9. The topological polar surface area (TPSA) is 67.5 Å². The summed E-state index contributed by atoms with van der Waals surface area (Å²) in [6.07, 6.45) is 7.51. The zero-order valence-corrected chi connectivity index (χ0v) is 17.2. The Morgan fingerprint density at radius 3 is 2.63 bits per heavy atom. The first kappa shape index (κ1) is 20.4. The van der Waals surface area contributed by atoms with Gasteiger partial charge in [0.25, 0.3) is 0 Å². The van der Waals surface area contributed by atoms with Gasteiger partial charge < -0.3 is 9.52 Å². The second-order valence-electron chi connectivity index (χ2n) is 8.32. The first-order valence-corrected chi connectivity index (χ1v) is 11.0. The van der Waals surface area contributed by atoms with Gasteiger partial charge in [-0.15, -0.1) is 0 Å². The maximum absolute atomic E-state index is 12.7. The highest BCUT2D eigenvalue weighted by Gasteiger charge is 2.23. The van der Waals surface area contributed by atoms with Gasteiger partial charge in [-0.05, 0) is 43.7 Å². The second-order valence-corrected chi connectivity index (χ2v) is 8.32. The minimum atomic E-state index is -0.885. The van der Waals surface area contributed by atoms with Gasteiger partial charge in [0.15, 0.2) is 5.78 Å². The lowest BCUT2D eigenvalue weighted by Gasteiger charge is -2.12. The van der Waals surface area contributed by atoms with E-state index in [9.17, 15) is 14.7 Å². The summed E-state index contributed by atoms with van der Waals surface area (Å²) in [6.45, 7) is 0. The summed E-state index contributed by atoms with van der Waals surface area (Å²) in [7, 11) is 0. The third kappa shape index (κ3) is 4.64. The van der Waals surface area contributed by atoms with E-state index in [2.05, 4.69) is 12.1 Å². The molecule has 0 bridgehead atoms. The Balaban J connectivity index is 1.30. The summed E-state index contributed by atoms with van der Waals surface area (Å²) in [4.78, 5) is 24.4. The standard InChI is InChI=1S/C26H28O4/c27-23(19-14-15-22-21-12-7-13-24(21)30-25(22)17-19)16-20(26(28)29)11-6-2-5-10-18-8-3-1-4-9-18/h1,3-4,8-9,14-15,17,20H,2,5-7,10-13,16H2,(H,28,29)/t20-/m0/s1. The molecule has 0 radical (unpaired) electrons. The number of furan rings is 1. The number of aliphatic carboxylic acids is 1. The van der Waals surface area contributed by atoms with Crippen molar-refractivity contribution in [3.63, 3.8) is 0 Å². The van der Waals surface area contributed by atoms with E-state index in [0.717, 1.165) is 61.7 Å². The molecule has 0 aliphatic heterocycles. The van der Waals surface area contributed by atoms with Crippen LogP contribution in [0.5, 0.6) is 0 Å². The van der Waals surface area contributed by atoms with Crippen molar-refractivity contribution in [3.8, 4) is 0 Å². The van der Waals surface area contributed by atoms with Gasteiger partial charge in [0.05, 0.1) is 5.92 Å². The van der Waals surface area contributed by atoms with Crippen molar-refractivity contribution in [2.45, 2.75) is 57.8 Å². The first-order chi connectivity index (χ1) is 14.6. The van der Waals surface area contributed by atoms with E-state index in [1.807, 2.05) is 30.3 Å². The number of carboxylic acid groups (broad SMARTS) is 1. The van der Waals surface area contributed by atoms with Gasteiger partial charge in [-0.25, -0.2) is 0 Å². The average molecular weight is 405 g/mol. The maximum Gasteiger partial charge on any atom is 0.306 e.